The highest BCUT2D eigenvalue weighted by Gasteiger charge is 2.25. The summed E-state index contributed by atoms with van der Waals surface area (Å²) in [6, 6.07) is 4.81. The second-order valence-corrected chi connectivity index (χ2v) is 7.66. The van der Waals surface area contributed by atoms with Crippen LogP contribution in [-0.4, -0.2) is 63.6 Å². The van der Waals surface area contributed by atoms with Gasteiger partial charge in [0, 0.05) is 32.6 Å². The second-order valence-electron chi connectivity index (χ2n) is 5.88. The van der Waals surface area contributed by atoms with Crippen LogP contribution in [0.25, 0.3) is 0 Å². The first-order valence-corrected chi connectivity index (χ1v) is 9.33. The number of halogens is 1. The van der Waals surface area contributed by atoms with Crippen molar-refractivity contribution in [3.63, 3.8) is 0 Å². The zero-order valence-corrected chi connectivity index (χ0v) is 14.1. The summed E-state index contributed by atoms with van der Waals surface area (Å²) in [4.78, 5) is 16.3. The molecule has 128 valence electrons. The molecular formula is C15H22FN3O3S. The highest BCUT2D eigenvalue weighted by Crippen LogP contribution is 2.20. The summed E-state index contributed by atoms with van der Waals surface area (Å²) in [6.45, 7) is 2.85. The van der Waals surface area contributed by atoms with Gasteiger partial charge in [0.2, 0.25) is 15.9 Å². The van der Waals surface area contributed by atoms with E-state index in [9.17, 15) is 17.6 Å². The molecule has 6 nitrogen and oxygen atoms in total. The minimum Gasteiger partial charge on any atom is -0.340 e. The summed E-state index contributed by atoms with van der Waals surface area (Å²) in [5, 5.41) is 0. The number of sulfonamides is 1. The van der Waals surface area contributed by atoms with E-state index in [-0.39, 0.29) is 12.3 Å². The highest BCUT2D eigenvalue weighted by molar-refractivity contribution is 7.88. The van der Waals surface area contributed by atoms with Crippen LogP contribution >= 0.6 is 0 Å². The summed E-state index contributed by atoms with van der Waals surface area (Å²) < 4.78 is 38.7. The molecule has 1 heterocycles. The Morgan fingerprint density at radius 1 is 1.22 bits per heavy atom. The Balaban J connectivity index is 2.11. The van der Waals surface area contributed by atoms with Crippen molar-refractivity contribution in [2.45, 2.75) is 12.5 Å². The van der Waals surface area contributed by atoms with Gasteiger partial charge in [-0.15, -0.1) is 0 Å². The zero-order chi connectivity index (χ0) is 17.0. The molecule has 1 saturated heterocycles. The zero-order valence-electron chi connectivity index (χ0n) is 13.3. The maximum Gasteiger partial charge on any atom is 0.224 e. The first-order valence-electron chi connectivity index (χ1n) is 7.44. The third kappa shape index (κ3) is 5.56. The Kier molecular flexibility index (Phi) is 5.72. The standard InChI is InChI=1S/C15H22FN3O3S/c1-18-7-9-19(10-8-18)15(20)11-14(17-23(2,21)22)12-3-5-13(16)6-4-12/h3-6,14,17H,7-11H2,1-2H3/t14-/m0/s1. The molecule has 1 atom stereocenters. The van der Waals surface area contributed by atoms with Crippen molar-refractivity contribution in [2.75, 3.05) is 39.5 Å². The predicted octanol–water partition coefficient (Wildman–Crippen LogP) is 0.580. The number of hydrogen-bond acceptors (Lipinski definition) is 4. The van der Waals surface area contributed by atoms with Gasteiger partial charge in [-0.25, -0.2) is 17.5 Å². The van der Waals surface area contributed by atoms with E-state index in [4.69, 9.17) is 0 Å². The van der Waals surface area contributed by atoms with E-state index in [0.29, 0.717) is 18.7 Å². The van der Waals surface area contributed by atoms with E-state index in [2.05, 4.69) is 9.62 Å². The number of carbonyl (C=O) groups excluding carboxylic acids is 1. The molecule has 0 bridgehead atoms. The average molecular weight is 343 g/mol. The summed E-state index contributed by atoms with van der Waals surface area (Å²) in [6.07, 6.45) is 1.06. The van der Waals surface area contributed by atoms with Crippen LogP contribution < -0.4 is 4.72 Å². The van der Waals surface area contributed by atoms with Crippen LogP contribution in [0.5, 0.6) is 0 Å². The maximum absolute atomic E-state index is 13.1. The largest absolute Gasteiger partial charge is 0.340 e. The summed E-state index contributed by atoms with van der Waals surface area (Å²) in [7, 11) is -1.50. The van der Waals surface area contributed by atoms with Gasteiger partial charge >= 0.3 is 0 Å². The summed E-state index contributed by atoms with van der Waals surface area (Å²) in [5.74, 6) is -0.513. The highest BCUT2D eigenvalue weighted by atomic mass is 32.2. The summed E-state index contributed by atoms with van der Waals surface area (Å²) in [5.41, 5.74) is 0.569. The number of piperazine rings is 1. The van der Waals surface area contributed by atoms with Gasteiger partial charge in [-0.1, -0.05) is 12.1 Å². The number of hydrogen-bond donors (Lipinski definition) is 1. The number of benzene rings is 1. The Labute approximate surface area is 136 Å². The van der Waals surface area contributed by atoms with Crippen molar-refractivity contribution >= 4 is 15.9 Å². The fraction of sp³-hybridized carbons (Fsp3) is 0.533. The topological polar surface area (TPSA) is 69.7 Å². The number of nitrogens with zero attached hydrogens (tertiary/aromatic N) is 2. The molecule has 0 spiro atoms. The van der Waals surface area contributed by atoms with Gasteiger partial charge in [-0.2, -0.15) is 0 Å². The first kappa shape index (κ1) is 17.8. The SMILES string of the molecule is CN1CCN(C(=O)C[C@H](NS(C)(=O)=O)c2ccc(F)cc2)CC1. The summed E-state index contributed by atoms with van der Waals surface area (Å²) >= 11 is 0. The first-order chi connectivity index (χ1) is 10.7. The lowest BCUT2D eigenvalue weighted by Crippen LogP contribution is -2.48. The molecule has 2 rings (SSSR count). The monoisotopic (exact) mass is 343 g/mol. The van der Waals surface area contributed by atoms with E-state index in [0.717, 1.165) is 19.3 Å². The molecule has 1 aromatic carbocycles. The molecule has 1 aliphatic rings. The number of rotatable bonds is 5. The molecule has 0 unspecified atom stereocenters. The van der Waals surface area contributed by atoms with Crippen molar-refractivity contribution in [2.24, 2.45) is 0 Å². The van der Waals surface area contributed by atoms with Gasteiger partial charge in [0.25, 0.3) is 0 Å². The molecule has 0 radical (unpaired) electrons. The van der Waals surface area contributed by atoms with Gasteiger partial charge in [0.15, 0.2) is 0 Å². The van der Waals surface area contributed by atoms with Gasteiger partial charge in [0.05, 0.1) is 12.3 Å². The van der Waals surface area contributed by atoms with E-state index in [1.54, 1.807) is 4.90 Å². The van der Waals surface area contributed by atoms with E-state index < -0.39 is 21.9 Å². The Hall–Kier alpha value is -1.51. The lowest BCUT2D eigenvalue weighted by atomic mass is 10.0. The minimum atomic E-state index is -3.49. The van der Waals surface area contributed by atoms with Crippen molar-refractivity contribution < 1.29 is 17.6 Å². The van der Waals surface area contributed by atoms with E-state index in [1.165, 1.54) is 24.3 Å². The fourth-order valence-corrected chi connectivity index (χ4v) is 3.28. The van der Waals surface area contributed by atoms with Crippen molar-refractivity contribution in [3.8, 4) is 0 Å². The maximum atomic E-state index is 13.1. The fourth-order valence-electron chi connectivity index (χ4n) is 2.54. The molecule has 1 N–H and O–H groups in total. The van der Waals surface area contributed by atoms with Gasteiger partial charge < -0.3 is 9.80 Å². The molecule has 0 aromatic heterocycles. The second kappa shape index (κ2) is 7.37. The van der Waals surface area contributed by atoms with Crippen LogP contribution in [0.1, 0.15) is 18.0 Å². The number of amides is 1. The van der Waals surface area contributed by atoms with Crippen molar-refractivity contribution in [1.82, 2.24) is 14.5 Å². The molecule has 0 aliphatic carbocycles. The van der Waals surface area contributed by atoms with E-state index in [1.807, 2.05) is 7.05 Å². The predicted molar refractivity (Wildman–Crippen MR) is 85.8 cm³/mol. The molecule has 1 fully saturated rings. The third-order valence-corrected chi connectivity index (χ3v) is 4.58. The normalized spacial score (nSPS) is 18.0. The Morgan fingerprint density at radius 2 is 1.78 bits per heavy atom. The van der Waals surface area contributed by atoms with Crippen LogP contribution in [0.4, 0.5) is 4.39 Å². The molecule has 8 heteroatoms. The number of likely N-dealkylation sites (N-methyl/N-ethyl adjacent to an activating group) is 1. The van der Waals surface area contributed by atoms with Crippen LogP contribution in [0.3, 0.4) is 0 Å². The van der Waals surface area contributed by atoms with Crippen LogP contribution in [0.15, 0.2) is 24.3 Å². The molecule has 1 aromatic rings. The molecule has 0 saturated carbocycles. The average Bonchev–Trinajstić information content (AvgIpc) is 2.46. The molecular weight excluding hydrogens is 321 g/mol. The lowest BCUT2D eigenvalue weighted by molar-refractivity contribution is -0.133. The van der Waals surface area contributed by atoms with Gasteiger partial charge in [-0.05, 0) is 24.7 Å². The van der Waals surface area contributed by atoms with Crippen LogP contribution in [0.2, 0.25) is 0 Å². The van der Waals surface area contributed by atoms with E-state index >= 15 is 0 Å². The number of nitrogens with one attached hydrogen (secondary N) is 1. The van der Waals surface area contributed by atoms with Crippen molar-refractivity contribution in [1.29, 1.82) is 0 Å². The Bertz CT molecular complexity index is 640. The quantitative estimate of drug-likeness (QED) is 0.849. The minimum absolute atomic E-state index is 0.0163. The van der Waals surface area contributed by atoms with Crippen LogP contribution in [0, 0.1) is 5.82 Å². The Morgan fingerprint density at radius 3 is 2.30 bits per heavy atom. The molecule has 1 aliphatic heterocycles. The van der Waals surface area contributed by atoms with Gasteiger partial charge in [0.1, 0.15) is 5.82 Å². The smallest absolute Gasteiger partial charge is 0.224 e. The molecule has 1 amide bonds. The number of carbonyl (C=O) groups is 1. The van der Waals surface area contributed by atoms with Crippen LogP contribution in [-0.2, 0) is 14.8 Å². The van der Waals surface area contributed by atoms with Crippen molar-refractivity contribution in [3.05, 3.63) is 35.6 Å². The van der Waals surface area contributed by atoms with Gasteiger partial charge in [-0.3, -0.25) is 4.79 Å². The third-order valence-electron chi connectivity index (χ3n) is 3.86. The molecule has 23 heavy (non-hydrogen) atoms. The lowest BCUT2D eigenvalue weighted by Gasteiger charge is -2.33.